The van der Waals surface area contributed by atoms with Crippen molar-refractivity contribution in [3.05, 3.63) is 180 Å². The molecule has 1 unspecified atom stereocenters. The summed E-state index contributed by atoms with van der Waals surface area (Å²) >= 11 is 6.53. The highest BCUT2D eigenvalue weighted by molar-refractivity contribution is 7.23. The molecule has 392 valence electrons. The van der Waals surface area contributed by atoms with Crippen LogP contribution in [0, 0.1) is 5.92 Å². The number of anilines is 1. The summed E-state index contributed by atoms with van der Waals surface area (Å²) in [5.41, 5.74) is 5.91. The lowest BCUT2D eigenvalue weighted by atomic mass is 10.1. The number of benzene rings is 3. The van der Waals surface area contributed by atoms with E-state index in [0.29, 0.717) is 12.5 Å². The first-order valence-corrected chi connectivity index (χ1v) is 28.8. The van der Waals surface area contributed by atoms with Crippen molar-refractivity contribution in [1.82, 2.24) is 4.57 Å². The van der Waals surface area contributed by atoms with Crippen LogP contribution in [0.3, 0.4) is 0 Å². The maximum absolute atomic E-state index is 11.6. The van der Waals surface area contributed by atoms with Crippen molar-refractivity contribution in [2.24, 2.45) is 15.9 Å². The molecule has 1 atom stereocenters. The summed E-state index contributed by atoms with van der Waals surface area (Å²) in [6.45, 7) is 13.2. The van der Waals surface area contributed by atoms with E-state index < -0.39 is 11.9 Å². The molecular formula is C64H62N4O5S4. The van der Waals surface area contributed by atoms with Crippen molar-refractivity contribution in [2.45, 2.75) is 40.0 Å². The number of hydrogen-bond acceptors (Lipinski definition) is 10. The summed E-state index contributed by atoms with van der Waals surface area (Å²) in [6, 6.07) is 40.3. The minimum absolute atomic E-state index is 0.154. The summed E-state index contributed by atoms with van der Waals surface area (Å²) in [4.78, 5) is 41.9. The van der Waals surface area contributed by atoms with Crippen LogP contribution in [0.1, 0.15) is 70.7 Å². The zero-order chi connectivity index (χ0) is 54.3. The summed E-state index contributed by atoms with van der Waals surface area (Å²) in [5, 5.41) is 22.3. The second kappa shape index (κ2) is 26.9. The van der Waals surface area contributed by atoms with Gasteiger partial charge in [-0.05, 0) is 158 Å². The third-order valence-electron chi connectivity index (χ3n) is 12.7. The number of fused-ring (bicyclic) bond motifs is 1. The SMILES string of the molecule is C=CC=c1c(=CC)c2cc(OCC(C)CCN(CCCC)c3ccc(C=Cc4ccc(-c5ccc(C=C(C=NC)C(=O)O)s5)s4)cc3)ccc2n1-c1ccc(C=Cc2ccc(-c3ccc(C=C(C=NC)C(=O)O)s3)s2)cc1. The lowest BCUT2D eigenvalue weighted by molar-refractivity contribution is -0.132. The van der Waals surface area contributed by atoms with E-state index >= 15 is 0 Å². The Morgan fingerprint density at radius 3 is 1.70 bits per heavy atom. The number of hydrogen-bond donors (Lipinski definition) is 2. The van der Waals surface area contributed by atoms with Gasteiger partial charge in [-0.25, -0.2) is 9.59 Å². The van der Waals surface area contributed by atoms with Gasteiger partial charge in [-0.2, -0.15) is 0 Å². The third-order valence-corrected chi connectivity index (χ3v) is 17.3. The first-order valence-electron chi connectivity index (χ1n) is 25.5. The van der Waals surface area contributed by atoms with Gasteiger partial charge >= 0.3 is 11.9 Å². The van der Waals surface area contributed by atoms with Crippen LogP contribution in [-0.2, 0) is 9.59 Å². The molecule has 0 aliphatic carbocycles. The van der Waals surface area contributed by atoms with Crippen LogP contribution in [0.4, 0.5) is 5.69 Å². The largest absolute Gasteiger partial charge is 0.493 e. The molecule has 5 aromatic heterocycles. The molecule has 5 heterocycles. The predicted molar refractivity (Wildman–Crippen MR) is 333 cm³/mol. The van der Waals surface area contributed by atoms with E-state index in [-0.39, 0.29) is 11.1 Å². The Labute approximate surface area is 466 Å². The molecule has 0 bridgehead atoms. The van der Waals surface area contributed by atoms with Crippen LogP contribution >= 0.6 is 45.3 Å². The van der Waals surface area contributed by atoms with Gasteiger partial charge in [0.1, 0.15) is 5.75 Å². The molecule has 9 nitrogen and oxygen atoms in total. The van der Waals surface area contributed by atoms with Gasteiger partial charge in [-0.1, -0.05) is 75.4 Å². The van der Waals surface area contributed by atoms with E-state index in [1.165, 1.54) is 18.1 Å². The molecule has 0 radical (unpaired) electrons. The zero-order valence-corrected chi connectivity index (χ0v) is 47.2. The van der Waals surface area contributed by atoms with Gasteiger partial charge in [0, 0.05) is 101 Å². The Kier molecular flexibility index (Phi) is 19.4. The molecule has 8 rings (SSSR count). The number of aliphatic carboxylic acids is 2. The monoisotopic (exact) mass is 1090 g/mol. The Hall–Kier alpha value is -7.68. The van der Waals surface area contributed by atoms with Crippen LogP contribution in [0.25, 0.3) is 84.7 Å². The first kappa shape index (κ1) is 55.5. The van der Waals surface area contributed by atoms with Gasteiger partial charge in [0.2, 0.25) is 0 Å². The van der Waals surface area contributed by atoms with E-state index in [0.717, 1.165) is 115 Å². The highest BCUT2D eigenvalue weighted by Gasteiger charge is 2.15. The number of carbonyl (C=O) groups is 2. The standard InChI is InChI=1S/C64H62N4O5S4/c1-7-10-35-67(48-18-12-44(13-19-48)16-23-51-25-30-59(74-51)61-32-27-53(76-61)37-46(40-65-5)63(69)70)36-34-43(4)42-73-50-22-29-58-56(39-50)55(9-3)57(11-8-2)68(58)49-20-14-45(15-21-49)17-24-52-26-31-60(75-52)62-33-28-54(77-62)38-47(41-66-6)64(71)72/h8-9,11-33,37-41,43H,2,7,10,34-36,42H2,1,3-6H3,(H,69,70)(H,71,72). The predicted octanol–water partition coefficient (Wildman–Crippen LogP) is 15.4. The number of carboxylic acid groups (broad SMARTS) is 2. The van der Waals surface area contributed by atoms with E-state index in [9.17, 15) is 19.8 Å². The fourth-order valence-corrected chi connectivity index (χ4v) is 12.7. The number of thiophene rings is 4. The Morgan fingerprint density at radius 2 is 1.21 bits per heavy atom. The van der Waals surface area contributed by atoms with E-state index in [1.807, 2.05) is 30.3 Å². The minimum atomic E-state index is -1.00. The van der Waals surface area contributed by atoms with Crippen LogP contribution in [0.15, 0.2) is 149 Å². The molecule has 0 fully saturated rings. The fraction of sp³-hybridized carbons (Fsp3) is 0.188. The fourth-order valence-electron chi connectivity index (χ4n) is 8.73. The number of unbranched alkanes of at least 4 members (excludes halogenated alkanes) is 1. The van der Waals surface area contributed by atoms with Crippen LogP contribution in [-0.4, -0.2) is 72.9 Å². The average Bonchev–Trinajstić information content (AvgIpc) is 4.31. The summed E-state index contributed by atoms with van der Waals surface area (Å²) in [7, 11) is 3.13. The highest BCUT2D eigenvalue weighted by Crippen LogP contribution is 2.37. The van der Waals surface area contributed by atoms with Crippen molar-refractivity contribution < 1.29 is 24.5 Å². The second-order valence-corrected chi connectivity index (χ2v) is 22.8. The highest BCUT2D eigenvalue weighted by atomic mass is 32.1. The van der Waals surface area contributed by atoms with Crippen molar-refractivity contribution in [2.75, 3.05) is 38.7 Å². The molecule has 0 saturated carbocycles. The van der Waals surface area contributed by atoms with Gasteiger partial charge in [-0.3, -0.25) is 9.98 Å². The average molecular weight is 1100 g/mol. The summed E-state index contributed by atoms with van der Waals surface area (Å²) < 4.78 is 8.84. The second-order valence-electron chi connectivity index (χ2n) is 18.3. The molecule has 0 spiro atoms. The van der Waals surface area contributed by atoms with Crippen molar-refractivity contribution >= 4 is 135 Å². The minimum Gasteiger partial charge on any atom is -0.493 e. The Morgan fingerprint density at radius 1 is 0.688 bits per heavy atom. The number of aromatic nitrogens is 1. The lowest BCUT2D eigenvalue weighted by Crippen LogP contribution is -2.28. The molecule has 13 heteroatoms. The Bertz CT molecular complexity index is 3670. The molecule has 0 aliphatic rings. The van der Waals surface area contributed by atoms with E-state index in [1.54, 1.807) is 71.6 Å². The number of aliphatic imine (C=N–C) groups is 2. The first-order chi connectivity index (χ1) is 37.5. The molecule has 2 N–H and O–H groups in total. The van der Waals surface area contributed by atoms with Crippen molar-refractivity contribution in [3.8, 4) is 30.9 Å². The molecular weight excluding hydrogens is 1030 g/mol. The molecule has 8 aromatic rings. The van der Waals surface area contributed by atoms with E-state index in [4.69, 9.17) is 4.74 Å². The maximum atomic E-state index is 11.6. The molecule has 77 heavy (non-hydrogen) atoms. The molecule has 0 amide bonds. The molecule has 0 aliphatic heterocycles. The smallest absolute Gasteiger partial charge is 0.337 e. The lowest BCUT2D eigenvalue weighted by Gasteiger charge is -2.26. The number of ether oxygens (including phenoxy) is 1. The van der Waals surface area contributed by atoms with Gasteiger partial charge in [0.25, 0.3) is 0 Å². The third kappa shape index (κ3) is 14.4. The quantitative estimate of drug-likeness (QED) is 0.0460. The van der Waals surface area contributed by atoms with Crippen molar-refractivity contribution in [1.29, 1.82) is 0 Å². The topological polar surface area (TPSA) is 117 Å². The van der Waals surface area contributed by atoms with Crippen molar-refractivity contribution in [3.63, 3.8) is 0 Å². The van der Waals surface area contributed by atoms with Crippen LogP contribution in [0.2, 0.25) is 0 Å². The summed E-state index contributed by atoms with van der Waals surface area (Å²) in [5.74, 6) is -0.807. The van der Waals surface area contributed by atoms with Gasteiger partial charge in [-0.15, -0.1) is 45.3 Å². The number of rotatable bonds is 24. The zero-order valence-electron chi connectivity index (χ0n) is 43.9. The number of carboxylic acids is 2. The molecule has 0 saturated heterocycles. The van der Waals surface area contributed by atoms with E-state index in [2.05, 4.69) is 174 Å². The maximum Gasteiger partial charge on any atom is 0.337 e. The summed E-state index contributed by atoms with van der Waals surface area (Å²) in [6.07, 6.45) is 23.9. The van der Waals surface area contributed by atoms with Gasteiger partial charge in [0.15, 0.2) is 0 Å². The number of nitrogens with zero attached hydrogens (tertiary/aromatic N) is 4. The van der Waals surface area contributed by atoms with Crippen LogP contribution < -0.4 is 20.2 Å². The molecule has 3 aromatic carbocycles. The Balaban J connectivity index is 0.880. The normalized spacial score (nSPS) is 13.4. The number of allylic oxidation sites excluding steroid dienone is 1. The van der Waals surface area contributed by atoms with Gasteiger partial charge < -0.3 is 24.4 Å². The van der Waals surface area contributed by atoms with Crippen LogP contribution in [0.5, 0.6) is 5.75 Å². The van der Waals surface area contributed by atoms with Gasteiger partial charge in [0.05, 0.1) is 28.6 Å².